The highest BCUT2D eigenvalue weighted by Gasteiger charge is 2.23. The molecular formula is C22H24N4O6S. The van der Waals surface area contributed by atoms with Gasteiger partial charge in [0.1, 0.15) is 0 Å². The molecule has 1 aliphatic heterocycles. The molecule has 174 valence electrons. The molecule has 0 spiro atoms. The van der Waals surface area contributed by atoms with Gasteiger partial charge in [0.25, 0.3) is 0 Å². The van der Waals surface area contributed by atoms with E-state index in [-0.39, 0.29) is 18.5 Å². The lowest BCUT2D eigenvalue weighted by Crippen LogP contribution is -2.23. The van der Waals surface area contributed by atoms with Crippen molar-refractivity contribution in [2.24, 2.45) is 0 Å². The van der Waals surface area contributed by atoms with E-state index in [2.05, 4.69) is 10.2 Å². The minimum Gasteiger partial charge on any atom is -0.493 e. The van der Waals surface area contributed by atoms with Gasteiger partial charge < -0.3 is 28.6 Å². The Labute approximate surface area is 195 Å². The molecule has 2 aromatic carbocycles. The molecule has 0 saturated carbocycles. The third-order valence-corrected chi connectivity index (χ3v) is 5.91. The first-order valence-corrected chi connectivity index (χ1v) is 10.9. The third-order valence-electron chi connectivity index (χ3n) is 4.99. The Balaban J connectivity index is 1.84. The monoisotopic (exact) mass is 472 g/mol. The van der Waals surface area contributed by atoms with E-state index in [9.17, 15) is 4.79 Å². The zero-order valence-corrected chi connectivity index (χ0v) is 19.8. The highest BCUT2D eigenvalue weighted by atomic mass is 32.2. The van der Waals surface area contributed by atoms with E-state index in [4.69, 9.17) is 23.7 Å². The Morgan fingerprint density at radius 1 is 1.03 bits per heavy atom. The molecule has 2 heterocycles. The normalized spacial score (nSPS) is 11.9. The molecule has 1 amide bonds. The van der Waals surface area contributed by atoms with Crippen LogP contribution in [-0.4, -0.2) is 73.5 Å². The van der Waals surface area contributed by atoms with Gasteiger partial charge in [-0.05, 0) is 24.3 Å². The summed E-state index contributed by atoms with van der Waals surface area (Å²) in [5.74, 6) is 3.46. The Morgan fingerprint density at radius 2 is 1.73 bits per heavy atom. The van der Waals surface area contributed by atoms with Crippen LogP contribution in [0.3, 0.4) is 0 Å². The molecule has 1 aromatic heterocycles. The highest BCUT2D eigenvalue weighted by Crippen LogP contribution is 2.42. The second kappa shape index (κ2) is 9.49. The summed E-state index contributed by atoms with van der Waals surface area (Å²) in [6.07, 6.45) is 0. The second-order valence-electron chi connectivity index (χ2n) is 7.17. The predicted molar refractivity (Wildman–Crippen MR) is 122 cm³/mol. The van der Waals surface area contributed by atoms with Gasteiger partial charge in [0, 0.05) is 25.7 Å². The number of carbonyl (C=O) groups excluding carboxylic acids is 1. The van der Waals surface area contributed by atoms with E-state index in [1.54, 1.807) is 47.6 Å². The maximum absolute atomic E-state index is 12.2. The van der Waals surface area contributed by atoms with Crippen LogP contribution in [0.15, 0.2) is 35.5 Å². The van der Waals surface area contributed by atoms with Crippen molar-refractivity contribution >= 4 is 17.7 Å². The average Bonchev–Trinajstić information content (AvgIpc) is 3.47. The van der Waals surface area contributed by atoms with Gasteiger partial charge in [-0.15, -0.1) is 10.2 Å². The molecule has 0 atom stereocenters. The van der Waals surface area contributed by atoms with Crippen LogP contribution in [0.25, 0.3) is 17.1 Å². The van der Waals surface area contributed by atoms with E-state index < -0.39 is 0 Å². The first kappa shape index (κ1) is 22.6. The molecule has 10 nitrogen and oxygen atoms in total. The van der Waals surface area contributed by atoms with Crippen LogP contribution in [0.4, 0.5) is 0 Å². The minimum atomic E-state index is -0.0328. The summed E-state index contributed by atoms with van der Waals surface area (Å²) < 4.78 is 29.3. The summed E-state index contributed by atoms with van der Waals surface area (Å²) >= 11 is 1.29. The number of rotatable bonds is 8. The highest BCUT2D eigenvalue weighted by molar-refractivity contribution is 7.99. The molecule has 11 heteroatoms. The van der Waals surface area contributed by atoms with Crippen LogP contribution in [0, 0.1) is 0 Å². The molecule has 0 bridgehead atoms. The standard InChI is InChI=1S/C22H24N4O6S/c1-25(2)19(27)11-33-22-24-23-21(13-8-17(28-3)20(30-5)18(9-13)29-4)26(22)14-6-7-15-16(10-14)32-12-31-15/h6-10H,11-12H2,1-5H3. The van der Waals surface area contributed by atoms with Crippen LogP contribution < -0.4 is 23.7 Å². The molecule has 3 aromatic rings. The van der Waals surface area contributed by atoms with E-state index in [0.29, 0.717) is 45.3 Å². The van der Waals surface area contributed by atoms with Crippen LogP contribution >= 0.6 is 11.8 Å². The van der Waals surface area contributed by atoms with Gasteiger partial charge in [0.15, 0.2) is 34.0 Å². The van der Waals surface area contributed by atoms with E-state index in [1.807, 2.05) is 22.8 Å². The van der Waals surface area contributed by atoms with Gasteiger partial charge >= 0.3 is 0 Å². The SMILES string of the molecule is COc1cc(-c2nnc(SCC(=O)N(C)C)n2-c2ccc3c(c2)OCO3)cc(OC)c1OC. The van der Waals surface area contributed by atoms with Crippen molar-refractivity contribution < 1.29 is 28.5 Å². The number of hydrogen-bond donors (Lipinski definition) is 0. The van der Waals surface area contributed by atoms with Crippen molar-refractivity contribution in [3.63, 3.8) is 0 Å². The van der Waals surface area contributed by atoms with Crippen LogP contribution in [-0.2, 0) is 4.79 Å². The molecule has 0 aliphatic carbocycles. The Morgan fingerprint density at radius 3 is 2.36 bits per heavy atom. The van der Waals surface area contributed by atoms with Crippen LogP contribution in [0.2, 0.25) is 0 Å². The molecule has 0 radical (unpaired) electrons. The smallest absolute Gasteiger partial charge is 0.232 e. The van der Waals surface area contributed by atoms with Crippen molar-refractivity contribution in [3.05, 3.63) is 30.3 Å². The molecule has 0 unspecified atom stereocenters. The van der Waals surface area contributed by atoms with Gasteiger partial charge in [-0.25, -0.2) is 0 Å². The van der Waals surface area contributed by atoms with Gasteiger partial charge in [-0.2, -0.15) is 0 Å². The minimum absolute atomic E-state index is 0.0328. The van der Waals surface area contributed by atoms with Crippen LogP contribution in [0.5, 0.6) is 28.7 Å². The summed E-state index contributed by atoms with van der Waals surface area (Å²) in [4.78, 5) is 13.7. The van der Waals surface area contributed by atoms with Crippen molar-refractivity contribution in [2.45, 2.75) is 5.16 Å². The lowest BCUT2D eigenvalue weighted by Gasteiger charge is -2.15. The fraction of sp³-hybridized carbons (Fsp3) is 0.318. The van der Waals surface area contributed by atoms with Crippen LogP contribution in [0.1, 0.15) is 0 Å². The Bertz CT molecular complexity index is 1150. The molecule has 4 rings (SSSR count). The average molecular weight is 473 g/mol. The summed E-state index contributed by atoms with van der Waals surface area (Å²) in [7, 11) is 8.08. The fourth-order valence-corrected chi connectivity index (χ4v) is 4.20. The van der Waals surface area contributed by atoms with Crippen molar-refractivity contribution in [2.75, 3.05) is 48.0 Å². The molecule has 0 N–H and O–H groups in total. The fourth-order valence-electron chi connectivity index (χ4n) is 3.27. The number of fused-ring (bicyclic) bond motifs is 1. The lowest BCUT2D eigenvalue weighted by molar-refractivity contribution is -0.125. The molecule has 0 fully saturated rings. The first-order chi connectivity index (χ1) is 16.0. The number of methoxy groups -OCH3 is 3. The zero-order valence-electron chi connectivity index (χ0n) is 18.9. The van der Waals surface area contributed by atoms with E-state index >= 15 is 0 Å². The number of nitrogens with zero attached hydrogens (tertiary/aromatic N) is 4. The van der Waals surface area contributed by atoms with E-state index in [0.717, 1.165) is 5.69 Å². The van der Waals surface area contributed by atoms with Crippen molar-refractivity contribution in [3.8, 4) is 45.8 Å². The number of hydrogen-bond acceptors (Lipinski definition) is 9. The number of benzene rings is 2. The molecule has 0 saturated heterocycles. The topological polar surface area (TPSA) is 97.2 Å². The van der Waals surface area contributed by atoms with Gasteiger partial charge in [-0.1, -0.05) is 11.8 Å². The largest absolute Gasteiger partial charge is 0.493 e. The van der Waals surface area contributed by atoms with Crippen molar-refractivity contribution in [1.82, 2.24) is 19.7 Å². The number of thioether (sulfide) groups is 1. The van der Waals surface area contributed by atoms with Gasteiger partial charge in [0.05, 0.1) is 32.8 Å². The van der Waals surface area contributed by atoms with Gasteiger partial charge in [0.2, 0.25) is 18.4 Å². The maximum atomic E-state index is 12.2. The molecule has 33 heavy (non-hydrogen) atoms. The predicted octanol–water partition coefficient (Wildman–Crippen LogP) is 2.87. The van der Waals surface area contributed by atoms with Crippen molar-refractivity contribution in [1.29, 1.82) is 0 Å². The summed E-state index contributed by atoms with van der Waals surface area (Å²) in [6, 6.07) is 9.17. The lowest BCUT2D eigenvalue weighted by atomic mass is 10.1. The first-order valence-electron chi connectivity index (χ1n) is 9.95. The third kappa shape index (κ3) is 4.36. The summed E-state index contributed by atoms with van der Waals surface area (Å²) in [5, 5.41) is 9.35. The quantitative estimate of drug-likeness (QED) is 0.459. The number of amides is 1. The number of carbonyl (C=O) groups is 1. The summed E-state index contributed by atoms with van der Waals surface area (Å²) in [6.45, 7) is 0.166. The molecule has 1 aliphatic rings. The summed E-state index contributed by atoms with van der Waals surface area (Å²) in [5.41, 5.74) is 1.45. The van der Waals surface area contributed by atoms with E-state index in [1.165, 1.54) is 16.7 Å². The Hall–Kier alpha value is -3.60. The zero-order chi connectivity index (χ0) is 23.5. The molecular weight excluding hydrogens is 448 g/mol. The Kier molecular flexibility index (Phi) is 6.50. The van der Waals surface area contributed by atoms with Gasteiger partial charge in [-0.3, -0.25) is 9.36 Å². The number of ether oxygens (including phenoxy) is 5. The second-order valence-corrected chi connectivity index (χ2v) is 8.11. The maximum Gasteiger partial charge on any atom is 0.232 e. The number of aromatic nitrogens is 3.